The molecule has 0 aromatic carbocycles. The molecule has 1 unspecified atom stereocenters. The van der Waals surface area contributed by atoms with Crippen LogP contribution in [0.1, 0.15) is 24.6 Å². The van der Waals surface area contributed by atoms with E-state index >= 15 is 0 Å². The fourth-order valence-electron chi connectivity index (χ4n) is 3.08. The summed E-state index contributed by atoms with van der Waals surface area (Å²) in [6, 6.07) is 0. The van der Waals surface area contributed by atoms with E-state index in [2.05, 4.69) is 44.1 Å². The number of nitrogens with zero attached hydrogens (tertiary/aromatic N) is 8. The lowest BCUT2D eigenvalue weighted by molar-refractivity contribution is -0.133. The van der Waals surface area contributed by atoms with E-state index in [1.54, 1.807) is 0 Å². The first-order chi connectivity index (χ1) is 11.6. The summed E-state index contributed by atoms with van der Waals surface area (Å²) in [5.74, 6) is 1.42. The van der Waals surface area contributed by atoms with Crippen LogP contribution in [0.15, 0.2) is 18.7 Å². The maximum Gasteiger partial charge on any atom is 0.244 e. The lowest BCUT2D eigenvalue weighted by Crippen LogP contribution is -2.41. The van der Waals surface area contributed by atoms with Crippen molar-refractivity contribution in [2.24, 2.45) is 0 Å². The number of tetrazole rings is 1. The molecule has 3 heterocycles. The van der Waals surface area contributed by atoms with E-state index in [0.717, 1.165) is 38.3 Å². The van der Waals surface area contributed by atoms with Gasteiger partial charge in [0.1, 0.15) is 18.7 Å². The van der Waals surface area contributed by atoms with E-state index < -0.39 is 0 Å². The highest BCUT2D eigenvalue weighted by molar-refractivity contribution is 5.76. The minimum absolute atomic E-state index is 0.0541. The van der Waals surface area contributed by atoms with Crippen molar-refractivity contribution in [3.8, 4) is 0 Å². The van der Waals surface area contributed by atoms with Crippen molar-refractivity contribution in [2.45, 2.75) is 31.8 Å². The van der Waals surface area contributed by atoms with Crippen LogP contribution in [-0.4, -0.2) is 79.2 Å². The zero-order valence-corrected chi connectivity index (χ0v) is 14.2. The average molecular weight is 332 g/mol. The number of piperidine rings is 1. The van der Waals surface area contributed by atoms with Crippen LogP contribution in [0.3, 0.4) is 0 Å². The molecular weight excluding hydrogens is 308 g/mol. The van der Waals surface area contributed by atoms with Crippen molar-refractivity contribution in [3.05, 3.63) is 24.5 Å². The molecule has 0 spiro atoms. The van der Waals surface area contributed by atoms with Gasteiger partial charge in [-0.3, -0.25) is 4.79 Å². The van der Waals surface area contributed by atoms with Crippen molar-refractivity contribution >= 4 is 5.91 Å². The molecule has 130 valence electrons. The van der Waals surface area contributed by atoms with E-state index in [4.69, 9.17) is 0 Å². The quantitative estimate of drug-likeness (QED) is 0.731. The molecule has 2 aromatic heterocycles. The van der Waals surface area contributed by atoms with E-state index in [9.17, 15) is 4.79 Å². The Morgan fingerprint density at radius 2 is 2.29 bits per heavy atom. The normalized spacial score (nSPS) is 18.3. The van der Waals surface area contributed by atoms with Gasteiger partial charge in [-0.25, -0.2) is 9.67 Å². The van der Waals surface area contributed by atoms with Gasteiger partial charge in [-0.05, 0) is 37.4 Å². The Morgan fingerprint density at radius 3 is 3.04 bits per heavy atom. The second kappa shape index (κ2) is 7.52. The number of aromatic nitrogens is 6. The molecule has 0 N–H and O–H groups in total. The summed E-state index contributed by atoms with van der Waals surface area (Å²) in [7, 11) is 4.13. The molecule has 2 aromatic rings. The molecule has 1 aliphatic rings. The van der Waals surface area contributed by atoms with E-state index in [0.29, 0.717) is 6.54 Å². The van der Waals surface area contributed by atoms with Gasteiger partial charge in [-0.2, -0.15) is 0 Å². The fourth-order valence-corrected chi connectivity index (χ4v) is 3.08. The van der Waals surface area contributed by atoms with Crippen molar-refractivity contribution in [2.75, 3.05) is 33.7 Å². The highest BCUT2D eigenvalue weighted by atomic mass is 16.2. The minimum Gasteiger partial charge on any atom is -0.340 e. The van der Waals surface area contributed by atoms with Crippen LogP contribution in [-0.2, 0) is 17.9 Å². The molecular formula is C15H24N8O. The van der Waals surface area contributed by atoms with Gasteiger partial charge in [0.05, 0.1) is 0 Å². The fraction of sp³-hybridized carbons (Fsp3) is 0.667. The number of rotatable bonds is 6. The van der Waals surface area contributed by atoms with Crippen LogP contribution in [0.5, 0.6) is 0 Å². The smallest absolute Gasteiger partial charge is 0.244 e. The zero-order chi connectivity index (χ0) is 16.9. The van der Waals surface area contributed by atoms with E-state index in [1.165, 1.54) is 11.0 Å². The van der Waals surface area contributed by atoms with Gasteiger partial charge in [0.15, 0.2) is 0 Å². The second-order valence-electron chi connectivity index (χ2n) is 6.47. The summed E-state index contributed by atoms with van der Waals surface area (Å²) < 4.78 is 3.67. The lowest BCUT2D eigenvalue weighted by Gasteiger charge is -2.32. The standard InChI is InChI=1S/C15H24N8O/c1-20(2)8-9-21-7-5-16-15(21)13-4-3-6-22(10-13)14(24)11-23-12-17-18-19-23/h5,7,12-13H,3-4,6,8-11H2,1-2H3. The van der Waals surface area contributed by atoms with Crippen molar-refractivity contribution < 1.29 is 4.79 Å². The van der Waals surface area contributed by atoms with Gasteiger partial charge >= 0.3 is 0 Å². The molecule has 0 saturated carbocycles. The molecule has 1 saturated heterocycles. The lowest BCUT2D eigenvalue weighted by atomic mass is 9.97. The molecule has 0 radical (unpaired) electrons. The third-order valence-corrected chi connectivity index (χ3v) is 4.36. The van der Waals surface area contributed by atoms with Gasteiger partial charge in [0, 0.05) is 44.5 Å². The Kier molecular flexibility index (Phi) is 5.19. The molecule has 9 heteroatoms. The maximum atomic E-state index is 12.5. The van der Waals surface area contributed by atoms with Crippen LogP contribution in [0.4, 0.5) is 0 Å². The highest BCUT2D eigenvalue weighted by Crippen LogP contribution is 2.26. The molecule has 0 aliphatic carbocycles. The van der Waals surface area contributed by atoms with E-state index in [-0.39, 0.29) is 18.4 Å². The zero-order valence-electron chi connectivity index (χ0n) is 14.2. The number of carbonyl (C=O) groups excluding carboxylic acids is 1. The first-order valence-corrected chi connectivity index (χ1v) is 8.28. The molecule has 1 amide bonds. The Bertz CT molecular complexity index is 650. The van der Waals surface area contributed by atoms with Crippen LogP contribution >= 0.6 is 0 Å². The molecule has 1 aliphatic heterocycles. The van der Waals surface area contributed by atoms with Crippen LogP contribution < -0.4 is 0 Å². The Labute approximate surface area is 141 Å². The molecule has 9 nitrogen and oxygen atoms in total. The number of imidazole rings is 1. The second-order valence-corrected chi connectivity index (χ2v) is 6.47. The third kappa shape index (κ3) is 3.97. The summed E-state index contributed by atoms with van der Waals surface area (Å²) in [5.41, 5.74) is 0. The first-order valence-electron chi connectivity index (χ1n) is 8.28. The largest absolute Gasteiger partial charge is 0.340 e. The van der Waals surface area contributed by atoms with Crippen molar-refractivity contribution in [1.82, 2.24) is 39.6 Å². The van der Waals surface area contributed by atoms with Gasteiger partial charge in [0.2, 0.25) is 5.91 Å². The minimum atomic E-state index is 0.0541. The Morgan fingerprint density at radius 1 is 1.42 bits per heavy atom. The third-order valence-electron chi connectivity index (χ3n) is 4.36. The van der Waals surface area contributed by atoms with Crippen LogP contribution in [0.25, 0.3) is 0 Å². The highest BCUT2D eigenvalue weighted by Gasteiger charge is 2.27. The maximum absolute atomic E-state index is 12.5. The topological polar surface area (TPSA) is 85.0 Å². The number of hydrogen-bond donors (Lipinski definition) is 0. The van der Waals surface area contributed by atoms with Gasteiger partial charge in [0.25, 0.3) is 0 Å². The number of likely N-dealkylation sites (N-methyl/N-ethyl adjacent to an activating group) is 1. The average Bonchev–Trinajstić information content (AvgIpc) is 3.24. The first kappa shape index (κ1) is 16.6. The van der Waals surface area contributed by atoms with Gasteiger partial charge in [-0.1, -0.05) is 0 Å². The number of carbonyl (C=O) groups is 1. The molecule has 0 bridgehead atoms. The van der Waals surface area contributed by atoms with Gasteiger partial charge in [-0.15, -0.1) is 5.10 Å². The van der Waals surface area contributed by atoms with E-state index in [1.807, 2.05) is 17.3 Å². The molecule has 1 atom stereocenters. The number of amides is 1. The Balaban J connectivity index is 1.63. The predicted molar refractivity (Wildman–Crippen MR) is 87.2 cm³/mol. The SMILES string of the molecule is CN(C)CCn1ccnc1C1CCCN(C(=O)Cn2cnnn2)C1. The monoisotopic (exact) mass is 332 g/mol. The van der Waals surface area contributed by atoms with Crippen LogP contribution in [0.2, 0.25) is 0 Å². The van der Waals surface area contributed by atoms with Crippen molar-refractivity contribution in [3.63, 3.8) is 0 Å². The number of likely N-dealkylation sites (tertiary alicyclic amines) is 1. The summed E-state index contributed by atoms with van der Waals surface area (Å²) in [6.07, 6.45) is 7.40. The number of hydrogen-bond acceptors (Lipinski definition) is 6. The molecule has 1 fully saturated rings. The van der Waals surface area contributed by atoms with Gasteiger partial charge < -0.3 is 14.4 Å². The summed E-state index contributed by atoms with van der Waals surface area (Å²) in [5, 5.41) is 10.9. The summed E-state index contributed by atoms with van der Waals surface area (Å²) >= 11 is 0. The van der Waals surface area contributed by atoms with Crippen LogP contribution in [0, 0.1) is 0 Å². The molecule has 24 heavy (non-hydrogen) atoms. The molecule has 3 rings (SSSR count). The summed E-state index contributed by atoms with van der Waals surface area (Å²) in [6.45, 7) is 3.57. The van der Waals surface area contributed by atoms with Crippen molar-refractivity contribution in [1.29, 1.82) is 0 Å². The predicted octanol–water partition coefficient (Wildman–Crippen LogP) is -0.163. The Hall–Kier alpha value is -2.29. The summed E-state index contributed by atoms with van der Waals surface area (Å²) in [4.78, 5) is 21.1.